The van der Waals surface area contributed by atoms with E-state index in [0.29, 0.717) is 28.2 Å². The summed E-state index contributed by atoms with van der Waals surface area (Å²) in [7, 11) is 6.32. The second kappa shape index (κ2) is 18.2. The number of methoxy groups -OCH3 is 2. The molecule has 0 aliphatic carbocycles. The molecule has 0 aromatic heterocycles. The second-order valence-electron chi connectivity index (χ2n) is 14.2. The van der Waals surface area contributed by atoms with Gasteiger partial charge in [0.15, 0.2) is 41.7 Å². The van der Waals surface area contributed by atoms with Crippen LogP contribution in [0.5, 0.6) is 28.7 Å². The summed E-state index contributed by atoms with van der Waals surface area (Å²) >= 11 is 0. The van der Waals surface area contributed by atoms with Crippen LogP contribution in [0.15, 0.2) is 24.3 Å². The van der Waals surface area contributed by atoms with E-state index in [0.717, 1.165) is 0 Å². The SMILES string of the molecule is COc1cc(C2CC(=O)OCCC(OC3OC4COC(C)OC4C(O)C3OC(=O)CCCC(C)=O)c3cc4c(cc32)OCO4)cc(OC)c1OC(=O)CN(C)C. The van der Waals surface area contributed by atoms with E-state index in [9.17, 15) is 24.3 Å². The third-order valence-corrected chi connectivity index (χ3v) is 9.80. The van der Waals surface area contributed by atoms with Gasteiger partial charge < -0.3 is 62.0 Å². The number of hydrogen-bond acceptors (Lipinski definition) is 17. The van der Waals surface area contributed by atoms with Crippen LogP contribution in [-0.4, -0.2) is 126 Å². The van der Waals surface area contributed by atoms with Crippen molar-refractivity contribution in [1.82, 2.24) is 4.90 Å². The number of ketones is 1. The van der Waals surface area contributed by atoms with E-state index in [1.165, 1.54) is 21.1 Å². The van der Waals surface area contributed by atoms with E-state index in [-0.39, 0.29) is 81.7 Å². The Morgan fingerprint density at radius 2 is 1.62 bits per heavy atom. The summed E-state index contributed by atoms with van der Waals surface area (Å²) in [6.45, 7) is 3.11. The molecule has 2 aromatic carbocycles. The van der Waals surface area contributed by atoms with Crippen LogP contribution in [0.2, 0.25) is 0 Å². The lowest BCUT2D eigenvalue weighted by Gasteiger charge is -2.47. The molecule has 1 N–H and O–H groups in total. The van der Waals surface area contributed by atoms with Crippen LogP contribution >= 0.6 is 0 Å². The van der Waals surface area contributed by atoms with Gasteiger partial charge in [-0.1, -0.05) is 0 Å². The Bertz CT molecular complexity index is 1740. The molecule has 17 nitrogen and oxygen atoms in total. The van der Waals surface area contributed by atoms with Crippen molar-refractivity contribution in [3.05, 3.63) is 41.0 Å². The number of carbonyl (C=O) groups excluding carboxylic acids is 4. The zero-order chi connectivity index (χ0) is 40.1. The first kappa shape index (κ1) is 41.1. The summed E-state index contributed by atoms with van der Waals surface area (Å²) in [5, 5.41) is 11.6. The van der Waals surface area contributed by atoms with Gasteiger partial charge in [-0.2, -0.15) is 0 Å². The maximum Gasteiger partial charge on any atom is 0.325 e. The van der Waals surface area contributed by atoms with Crippen molar-refractivity contribution in [3.63, 3.8) is 0 Å². The molecule has 2 fully saturated rings. The minimum absolute atomic E-state index is 0.00665. The van der Waals surface area contributed by atoms with E-state index in [2.05, 4.69) is 0 Å². The van der Waals surface area contributed by atoms with Crippen molar-refractivity contribution in [1.29, 1.82) is 0 Å². The normalized spacial score (nSPS) is 27.1. The Labute approximate surface area is 324 Å². The monoisotopic (exact) mass is 787 g/mol. The molecule has 8 atom stereocenters. The topological polar surface area (TPSA) is 193 Å². The molecule has 56 heavy (non-hydrogen) atoms. The molecule has 306 valence electrons. The lowest BCUT2D eigenvalue weighted by molar-refractivity contribution is -0.363. The number of benzene rings is 2. The number of ether oxygens (including phenoxy) is 11. The first-order valence-corrected chi connectivity index (χ1v) is 18.5. The molecule has 4 aliphatic heterocycles. The van der Waals surface area contributed by atoms with Gasteiger partial charge in [0.1, 0.15) is 24.1 Å². The number of esters is 3. The number of carbonyl (C=O) groups is 4. The maximum absolute atomic E-state index is 13.4. The molecule has 17 heteroatoms. The van der Waals surface area contributed by atoms with Gasteiger partial charge in [-0.15, -0.1) is 0 Å². The maximum atomic E-state index is 13.4. The summed E-state index contributed by atoms with van der Waals surface area (Å²) < 4.78 is 64.7. The molecule has 0 radical (unpaired) electrons. The van der Waals surface area contributed by atoms with E-state index in [1.807, 2.05) is 0 Å². The van der Waals surface area contributed by atoms with Crippen LogP contribution in [0.4, 0.5) is 0 Å². The average molecular weight is 788 g/mol. The van der Waals surface area contributed by atoms with E-state index in [4.69, 9.17) is 52.1 Å². The molecule has 2 saturated heterocycles. The summed E-state index contributed by atoms with van der Waals surface area (Å²) in [6, 6.07) is 6.85. The van der Waals surface area contributed by atoms with Crippen molar-refractivity contribution < 1.29 is 76.4 Å². The summed E-state index contributed by atoms with van der Waals surface area (Å²) in [4.78, 5) is 52.4. The standard InChI is InChI=1S/C39H49NO16/c1-20(41)8-7-9-32(42)55-38-35(45)37-31(18-49-21(2)52-37)54-39(38)53-26-10-11-48-33(43)16-23(24-14-27-28(15-25(24)26)51-19-50-27)22-12-29(46-5)36(30(13-22)47-6)56-34(44)17-40(3)4/h12-15,21,23,26,31,35,37-39,45H,7-11,16-19H2,1-6H3. The number of aliphatic hydroxyl groups excluding tert-OH is 1. The molecule has 0 bridgehead atoms. The van der Waals surface area contributed by atoms with Crippen LogP contribution < -0.4 is 23.7 Å². The highest BCUT2D eigenvalue weighted by molar-refractivity contribution is 5.78. The Morgan fingerprint density at radius 3 is 2.29 bits per heavy atom. The zero-order valence-corrected chi connectivity index (χ0v) is 32.3. The van der Waals surface area contributed by atoms with Gasteiger partial charge in [0.25, 0.3) is 0 Å². The summed E-state index contributed by atoms with van der Waals surface area (Å²) in [6.07, 6.45) is -6.86. The van der Waals surface area contributed by atoms with Gasteiger partial charge in [-0.05, 0) is 75.3 Å². The molecule has 0 spiro atoms. The van der Waals surface area contributed by atoms with Crippen LogP contribution in [-0.2, 0) is 47.6 Å². The molecule has 6 rings (SSSR count). The van der Waals surface area contributed by atoms with Gasteiger partial charge in [0.05, 0.1) is 46.5 Å². The number of fused-ring (bicyclic) bond motifs is 3. The van der Waals surface area contributed by atoms with E-state index >= 15 is 0 Å². The number of aliphatic hydroxyl groups is 1. The highest BCUT2D eigenvalue weighted by Gasteiger charge is 2.52. The Balaban J connectivity index is 1.39. The Kier molecular flexibility index (Phi) is 13.3. The Hall–Kier alpha value is -4.52. The molecular formula is C39H49NO16. The lowest BCUT2D eigenvalue weighted by Crippen LogP contribution is -2.64. The average Bonchev–Trinajstić information content (AvgIpc) is 3.63. The van der Waals surface area contributed by atoms with Crippen molar-refractivity contribution in [2.45, 2.75) is 95.0 Å². The Morgan fingerprint density at radius 1 is 0.929 bits per heavy atom. The number of nitrogens with zero attached hydrogens (tertiary/aromatic N) is 1. The highest BCUT2D eigenvalue weighted by atomic mass is 16.8. The first-order valence-electron chi connectivity index (χ1n) is 18.5. The van der Waals surface area contributed by atoms with Crippen LogP contribution in [0.1, 0.15) is 74.7 Å². The molecule has 4 aliphatic rings. The van der Waals surface area contributed by atoms with Crippen LogP contribution in [0.3, 0.4) is 0 Å². The second-order valence-corrected chi connectivity index (χ2v) is 14.2. The predicted octanol–water partition coefficient (Wildman–Crippen LogP) is 2.94. The van der Waals surface area contributed by atoms with Gasteiger partial charge in [0.2, 0.25) is 12.5 Å². The molecule has 2 aromatic rings. The minimum Gasteiger partial charge on any atom is -0.493 e. The van der Waals surface area contributed by atoms with Crippen LogP contribution in [0.25, 0.3) is 0 Å². The van der Waals surface area contributed by atoms with E-state index < -0.39 is 66.9 Å². The predicted molar refractivity (Wildman–Crippen MR) is 192 cm³/mol. The third-order valence-electron chi connectivity index (χ3n) is 9.80. The number of rotatable bonds is 13. The van der Waals surface area contributed by atoms with Gasteiger partial charge in [-0.25, -0.2) is 0 Å². The molecule has 0 saturated carbocycles. The lowest BCUT2D eigenvalue weighted by atomic mass is 9.83. The number of cyclic esters (lactones) is 1. The van der Waals surface area contributed by atoms with Gasteiger partial charge >= 0.3 is 17.9 Å². The number of hydrogen-bond donors (Lipinski definition) is 1. The largest absolute Gasteiger partial charge is 0.493 e. The van der Waals surface area contributed by atoms with Crippen molar-refractivity contribution in [2.75, 3.05) is 54.9 Å². The summed E-state index contributed by atoms with van der Waals surface area (Å²) in [5.41, 5.74) is 1.73. The molecular weight excluding hydrogens is 738 g/mol. The van der Waals surface area contributed by atoms with E-state index in [1.54, 1.807) is 50.2 Å². The summed E-state index contributed by atoms with van der Waals surface area (Å²) in [5.74, 6) is -1.17. The fraction of sp³-hybridized carbons (Fsp3) is 0.590. The quantitative estimate of drug-likeness (QED) is 0.230. The third kappa shape index (κ3) is 9.53. The number of Topliss-reactive ketones (excluding diaryl/α,β-unsaturated/α-hetero) is 1. The fourth-order valence-electron chi connectivity index (χ4n) is 7.15. The van der Waals surface area contributed by atoms with Gasteiger partial charge in [0, 0.05) is 25.2 Å². The smallest absolute Gasteiger partial charge is 0.325 e. The zero-order valence-electron chi connectivity index (χ0n) is 32.3. The van der Waals surface area contributed by atoms with Crippen molar-refractivity contribution >= 4 is 23.7 Å². The number of likely N-dealkylation sites (N-methyl/N-ethyl adjacent to an activating group) is 1. The van der Waals surface area contributed by atoms with Crippen molar-refractivity contribution in [2.24, 2.45) is 0 Å². The van der Waals surface area contributed by atoms with Crippen LogP contribution in [0, 0.1) is 0 Å². The minimum atomic E-state index is -1.37. The first-order chi connectivity index (χ1) is 26.8. The van der Waals surface area contributed by atoms with Crippen molar-refractivity contribution in [3.8, 4) is 28.7 Å². The highest BCUT2D eigenvalue weighted by Crippen LogP contribution is 2.48. The molecule has 0 amide bonds. The molecule has 4 heterocycles. The molecule has 8 unspecified atom stereocenters. The fourth-order valence-corrected chi connectivity index (χ4v) is 7.15. The van der Waals surface area contributed by atoms with Gasteiger partial charge in [-0.3, -0.25) is 19.3 Å².